The van der Waals surface area contributed by atoms with Gasteiger partial charge >= 0.3 is 0 Å². The molecule has 2 aromatic heterocycles. The lowest BCUT2D eigenvalue weighted by molar-refractivity contribution is 0.602. The lowest BCUT2D eigenvalue weighted by Crippen LogP contribution is -2.24. The largest absolute Gasteiger partial charge is 0.464 e. The van der Waals surface area contributed by atoms with Gasteiger partial charge in [-0.15, -0.1) is 0 Å². The van der Waals surface area contributed by atoms with Crippen molar-refractivity contribution in [2.75, 3.05) is 9.80 Å². The first-order valence-electron chi connectivity index (χ1n) is 11.5. The van der Waals surface area contributed by atoms with Crippen LogP contribution in [-0.4, -0.2) is 0 Å². The lowest BCUT2D eigenvalue weighted by atomic mass is 10.0. The highest BCUT2D eigenvalue weighted by Gasteiger charge is 2.30. The highest BCUT2D eigenvalue weighted by Crippen LogP contribution is 2.54. The van der Waals surface area contributed by atoms with Crippen LogP contribution in [0.25, 0.3) is 21.9 Å². The number of nitrogens with zero attached hydrogens (tertiary/aromatic N) is 2. The fourth-order valence-electron chi connectivity index (χ4n) is 4.92. The van der Waals surface area contributed by atoms with Gasteiger partial charge in [-0.25, -0.2) is 0 Å². The smallest absolute Gasteiger partial charge is 0.192 e. The van der Waals surface area contributed by atoms with Crippen molar-refractivity contribution >= 4 is 56.1 Å². The molecule has 0 N–H and O–H groups in total. The van der Waals surface area contributed by atoms with Crippen LogP contribution >= 0.6 is 0 Å². The van der Waals surface area contributed by atoms with E-state index in [0.29, 0.717) is 21.9 Å². The van der Waals surface area contributed by atoms with E-state index in [4.69, 9.17) is 8.83 Å². The van der Waals surface area contributed by atoms with E-state index in [1.165, 1.54) is 24.7 Å². The third kappa shape index (κ3) is 2.98. The molecule has 7 rings (SSSR count). The zero-order valence-corrected chi connectivity index (χ0v) is 18.9. The van der Waals surface area contributed by atoms with Crippen LogP contribution < -0.4 is 20.7 Å². The van der Waals surface area contributed by atoms with E-state index in [1.54, 1.807) is 12.1 Å². The number of fused-ring (bicyclic) bond motifs is 4. The third-order valence-electron chi connectivity index (χ3n) is 6.53. The quantitative estimate of drug-likeness (QED) is 0.267. The van der Waals surface area contributed by atoms with Crippen molar-refractivity contribution in [2.45, 2.75) is 0 Å². The van der Waals surface area contributed by atoms with E-state index >= 15 is 0 Å². The predicted octanol–water partition coefficient (Wildman–Crippen LogP) is 7.15. The van der Waals surface area contributed by atoms with Crippen molar-refractivity contribution in [2.24, 2.45) is 0 Å². The van der Waals surface area contributed by atoms with Crippen LogP contribution in [0.2, 0.25) is 0 Å². The highest BCUT2D eigenvalue weighted by atomic mass is 16.3. The van der Waals surface area contributed by atoms with Gasteiger partial charge < -0.3 is 18.6 Å². The molecule has 36 heavy (non-hydrogen) atoms. The van der Waals surface area contributed by atoms with Gasteiger partial charge in [0.25, 0.3) is 0 Å². The van der Waals surface area contributed by atoms with Crippen molar-refractivity contribution in [3.05, 3.63) is 130 Å². The SMILES string of the molecule is O=c1ccoc2cc(N3c4ccccc4N(c4ccc5c(=O)ccoc5c4)c4ccccc43)ccc12. The Morgan fingerprint density at radius 2 is 0.861 bits per heavy atom. The van der Waals surface area contributed by atoms with Gasteiger partial charge in [0.1, 0.15) is 11.2 Å². The molecule has 6 heteroatoms. The zero-order chi connectivity index (χ0) is 24.2. The summed E-state index contributed by atoms with van der Waals surface area (Å²) in [6, 6.07) is 30.4. The molecule has 0 radical (unpaired) electrons. The fourth-order valence-corrected chi connectivity index (χ4v) is 4.92. The summed E-state index contributed by atoms with van der Waals surface area (Å²) in [6.07, 6.45) is 2.85. The molecule has 1 aliphatic rings. The van der Waals surface area contributed by atoms with E-state index < -0.39 is 0 Å². The highest BCUT2D eigenvalue weighted by molar-refractivity contribution is 6.03. The average molecular weight is 470 g/mol. The van der Waals surface area contributed by atoms with E-state index in [9.17, 15) is 9.59 Å². The van der Waals surface area contributed by atoms with Gasteiger partial charge in [-0.3, -0.25) is 9.59 Å². The lowest BCUT2D eigenvalue weighted by Gasteiger charge is -2.40. The summed E-state index contributed by atoms with van der Waals surface area (Å²) in [5.41, 5.74) is 6.51. The molecule has 3 heterocycles. The van der Waals surface area contributed by atoms with Crippen LogP contribution in [-0.2, 0) is 0 Å². The normalized spacial score (nSPS) is 12.6. The van der Waals surface area contributed by atoms with Crippen LogP contribution in [0, 0.1) is 0 Å². The maximum atomic E-state index is 12.3. The molecule has 0 saturated heterocycles. The van der Waals surface area contributed by atoms with Crippen LogP contribution in [0.4, 0.5) is 34.1 Å². The number of rotatable bonds is 2. The van der Waals surface area contributed by atoms with Gasteiger partial charge in [0, 0.05) is 24.3 Å². The summed E-state index contributed by atoms with van der Waals surface area (Å²) in [6.45, 7) is 0. The molecule has 6 nitrogen and oxygen atoms in total. The second-order valence-electron chi connectivity index (χ2n) is 8.58. The van der Waals surface area contributed by atoms with E-state index in [2.05, 4.69) is 34.1 Å². The fraction of sp³-hybridized carbons (Fsp3) is 0. The number of para-hydroxylation sites is 4. The molecule has 0 bridgehead atoms. The Labute approximate surface area is 204 Å². The standard InChI is InChI=1S/C30H18N2O4/c33-27-13-15-35-29-17-19(9-11-21(27)29)31-23-5-1-2-6-24(23)32(26-8-4-3-7-25(26)31)20-10-12-22-28(34)14-16-36-30(22)18-20/h1-18H. The average Bonchev–Trinajstić information content (AvgIpc) is 2.91. The summed E-state index contributed by atoms with van der Waals surface area (Å²) in [5, 5.41) is 1.08. The number of hydrogen-bond acceptors (Lipinski definition) is 6. The summed E-state index contributed by atoms with van der Waals surface area (Å²) in [7, 11) is 0. The molecule has 172 valence electrons. The first kappa shape index (κ1) is 20.3. The van der Waals surface area contributed by atoms with Crippen LogP contribution in [0.1, 0.15) is 0 Å². The Kier molecular flexibility index (Phi) is 4.35. The molecule has 0 saturated carbocycles. The zero-order valence-electron chi connectivity index (χ0n) is 18.9. The molecule has 0 spiro atoms. The topological polar surface area (TPSA) is 66.9 Å². The molecule has 0 fully saturated rings. The van der Waals surface area contributed by atoms with E-state index in [1.807, 2.05) is 48.5 Å². The molecule has 6 aromatic rings. The second kappa shape index (κ2) is 7.71. The number of benzene rings is 4. The van der Waals surface area contributed by atoms with Gasteiger partial charge in [0.05, 0.1) is 57.4 Å². The Bertz CT molecular complexity index is 1730. The molecule has 0 atom stereocenters. The van der Waals surface area contributed by atoms with Crippen molar-refractivity contribution in [3.63, 3.8) is 0 Å². The van der Waals surface area contributed by atoms with E-state index in [0.717, 1.165) is 34.1 Å². The molecule has 4 aromatic carbocycles. The third-order valence-corrected chi connectivity index (χ3v) is 6.53. The van der Waals surface area contributed by atoms with Crippen molar-refractivity contribution in [1.82, 2.24) is 0 Å². The molecule has 1 aliphatic heterocycles. The van der Waals surface area contributed by atoms with Crippen molar-refractivity contribution in [1.29, 1.82) is 0 Å². The van der Waals surface area contributed by atoms with Crippen LogP contribution in [0.3, 0.4) is 0 Å². The Morgan fingerprint density at radius 3 is 1.25 bits per heavy atom. The monoisotopic (exact) mass is 470 g/mol. The first-order valence-corrected chi connectivity index (χ1v) is 11.5. The Balaban J connectivity index is 1.47. The van der Waals surface area contributed by atoms with Crippen molar-refractivity contribution in [3.8, 4) is 0 Å². The summed E-state index contributed by atoms with van der Waals surface area (Å²) < 4.78 is 11.3. The van der Waals surface area contributed by atoms with Gasteiger partial charge in [0.2, 0.25) is 0 Å². The second-order valence-corrected chi connectivity index (χ2v) is 8.58. The predicted molar refractivity (Wildman–Crippen MR) is 141 cm³/mol. The molecule has 0 amide bonds. The molecule has 0 unspecified atom stereocenters. The Hall–Kier alpha value is -5.10. The Morgan fingerprint density at radius 1 is 0.472 bits per heavy atom. The molecular weight excluding hydrogens is 452 g/mol. The summed E-state index contributed by atoms with van der Waals surface area (Å²) in [4.78, 5) is 28.9. The van der Waals surface area contributed by atoms with E-state index in [-0.39, 0.29) is 10.9 Å². The number of hydrogen-bond donors (Lipinski definition) is 0. The summed E-state index contributed by atoms with van der Waals surface area (Å²) >= 11 is 0. The van der Waals surface area contributed by atoms with Crippen LogP contribution in [0.5, 0.6) is 0 Å². The minimum Gasteiger partial charge on any atom is -0.464 e. The minimum absolute atomic E-state index is 0.0728. The van der Waals surface area contributed by atoms with Gasteiger partial charge in [-0.1, -0.05) is 24.3 Å². The summed E-state index contributed by atoms with van der Waals surface area (Å²) in [5.74, 6) is 0. The van der Waals surface area contributed by atoms with Gasteiger partial charge in [-0.05, 0) is 48.5 Å². The van der Waals surface area contributed by atoms with Gasteiger partial charge in [-0.2, -0.15) is 0 Å². The minimum atomic E-state index is -0.0728. The first-order chi connectivity index (χ1) is 17.7. The molecular formula is C30H18N2O4. The van der Waals surface area contributed by atoms with Crippen LogP contribution in [0.15, 0.2) is 128 Å². The van der Waals surface area contributed by atoms with Crippen molar-refractivity contribution < 1.29 is 8.83 Å². The molecule has 0 aliphatic carbocycles. The number of anilines is 6. The maximum Gasteiger partial charge on any atom is 0.192 e. The van der Waals surface area contributed by atoms with Gasteiger partial charge in [0.15, 0.2) is 10.9 Å². The maximum absolute atomic E-state index is 12.3.